The molecule has 26 heavy (non-hydrogen) atoms. The molecule has 1 aromatic heterocycles. The van der Waals surface area contributed by atoms with E-state index in [-0.39, 0.29) is 11.7 Å². The van der Waals surface area contributed by atoms with Gasteiger partial charge in [0.25, 0.3) is 0 Å². The standard InChI is InChI=1S/C21H19FN2O2/c1-24(14-15-7-11-20(26-2)18(22)13-15)21(25)12-10-17-9-8-16-5-3-4-6-19(16)23-17/h3-13H,14H2,1-2H3/b12-10+. The summed E-state index contributed by atoms with van der Waals surface area (Å²) in [5.74, 6) is -0.442. The highest BCUT2D eigenvalue weighted by Gasteiger charge is 2.09. The first kappa shape index (κ1) is 17.6. The van der Waals surface area contributed by atoms with E-state index < -0.39 is 5.82 Å². The number of amides is 1. The number of para-hydroxylation sites is 1. The molecule has 0 bridgehead atoms. The van der Waals surface area contributed by atoms with Crippen LogP contribution in [0, 0.1) is 5.82 Å². The van der Waals surface area contributed by atoms with Crippen LogP contribution in [-0.4, -0.2) is 29.9 Å². The topological polar surface area (TPSA) is 42.4 Å². The van der Waals surface area contributed by atoms with Gasteiger partial charge in [0, 0.05) is 25.1 Å². The Morgan fingerprint density at radius 1 is 1.19 bits per heavy atom. The fourth-order valence-electron chi connectivity index (χ4n) is 2.62. The van der Waals surface area contributed by atoms with Crippen molar-refractivity contribution in [3.63, 3.8) is 0 Å². The predicted octanol–water partition coefficient (Wildman–Crippen LogP) is 4.05. The lowest BCUT2D eigenvalue weighted by Crippen LogP contribution is -2.24. The number of hydrogen-bond acceptors (Lipinski definition) is 3. The summed E-state index contributed by atoms with van der Waals surface area (Å²) in [6.07, 6.45) is 3.15. The van der Waals surface area contributed by atoms with Crippen LogP contribution in [0.2, 0.25) is 0 Å². The summed E-state index contributed by atoms with van der Waals surface area (Å²) in [5, 5.41) is 1.05. The van der Waals surface area contributed by atoms with E-state index in [1.54, 1.807) is 25.3 Å². The molecule has 0 aliphatic rings. The van der Waals surface area contributed by atoms with Crippen molar-refractivity contribution in [2.45, 2.75) is 6.54 Å². The molecule has 3 aromatic rings. The molecule has 0 saturated carbocycles. The highest BCUT2D eigenvalue weighted by Crippen LogP contribution is 2.18. The largest absolute Gasteiger partial charge is 0.494 e. The Morgan fingerprint density at radius 2 is 2.00 bits per heavy atom. The molecular formula is C21H19FN2O2. The number of ether oxygens (including phenoxy) is 1. The SMILES string of the molecule is COc1ccc(CN(C)C(=O)/C=C/c2ccc3ccccc3n2)cc1F. The number of halogens is 1. The van der Waals surface area contributed by atoms with Crippen LogP contribution >= 0.6 is 0 Å². The minimum atomic E-state index is -0.443. The van der Waals surface area contributed by atoms with Crippen molar-refractivity contribution < 1.29 is 13.9 Å². The third-order valence-corrected chi connectivity index (χ3v) is 4.03. The number of benzene rings is 2. The van der Waals surface area contributed by atoms with Crippen LogP contribution < -0.4 is 4.74 Å². The van der Waals surface area contributed by atoms with E-state index in [1.165, 1.54) is 24.2 Å². The molecule has 0 unspecified atom stereocenters. The van der Waals surface area contributed by atoms with Gasteiger partial charge in [-0.1, -0.05) is 30.3 Å². The number of hydrogen-bond donors (Lipinski definition) is 0. The number of fused-ring (bicyclic) bond motifs is 1. The summed E-state index contributed by atoms with van der Waals surface area (Å²) >= 11 is 0. The maximum Gasteiger partial charge on any atom is 0.246 e. The summed E-state index contributed by atoms with van der Waals surface area (Å²) < 4.78 is 18.6. The molecule has 0 saturated heterocycles. The fourth-order valence-corrected chi connectivity index (χ4v) is 2.62. The smallest absolute Gasteiger partial charge is 0.246 e. The Morgan fingerprint density at radius 3 is 2.77 bits per heavy atom. The number of rotatable bonds is 5. The van der Waals surface area contributed by atoms with Gasteiger partial charge in [0.1, 0.15) is 0 Å². The van der Waals surface area contributed by atoms with Crippen LogP contribution in [0.4, 0.5) is 4.39 Å². The number of aromatic nitrogens is 1. The average molecular weight is 350 g/mol. The molecule has 0 aliphatic heterocycles. The molecule has 0 N–H and O–H groups in total. The van der Waals surface area contributed by atoms with E-state index in [0.29, 0.717) is 17.8 Å². The summed E-state index contributed by atoms with van der Waals surface area (Å²) in [6, 6.07) is 16.3. The Balaban J connectivity index is 1.67. The Labute approximate surface area is 151 Å². The maximum atomic E-state index is 13.7. The van der Waals surface area contributed by atoms with Gasteiger partial charge in [0.05, 0.1) is 18.3 Å². The van der Waals surface area contributed by atoms with E-state index in [2.05, 4.69) is 4.98 Å². The third kappa shape index (κ3) is 4.06. The predicted molar refractivity (Wildman–Crippen MR) is 100 cm³/mol. The summed E-state index contributed by atoms with van der Waals surface area (Å²) in [5.41, 5.74) is 2.28. The zero-order valence-corrected chi connectivity index (χ0v) is 14.6. The van der Waals surface area contributed by atoms with Gasteiger partial charge >= 0.3 is 0 Å². The van der Waals surface area contributed by atoms with Gasteiger partial charge in [0.15, 0.2) is 11.6 Å². The van der Waals surface area contributed by atoms with Crippen LogP contribution in [0.15, 0.2) is 60.7 Å². The first-order chi connectivity index (χ1) is 12.6. The molecule has 1 amide bonds. The van der Waals surface area contributed by atoms with E-state index in [4.69, 9.17) is 4.74 Å². The third-order valence-electron chi connectivity index (χ3n) is 4.03. The normalized spacial score (nSPS) is 11.0. The van der Waals surface area contributed by atoms with Crippen molar-refractivity contribution in [3.05, 3.63) is 77.7 Å². The van der Waals surface area contributed by atoms with Crippen LogP contribution in [0.25, 0.3) is 17.0 Å². The van der Waals surface area contributed by atoms with E-state index in [9.17, 15) is 9.18 Å². The average Bonchev–Trinajstić information content (AvgIpc) is 2.66. The van der Waals surface area contributed by atoms with Crippen molar-refractivity contribution in [1.82, 2.24) is 9.88 Å². The van der Waals surface area contributed by atoms with Crippen LogP contribution in [-0.2, 0) is 11.3 Å². The monoisotopic (exact) mass is 350 g/mol. The number of carbonyl (C=O) groups is 1. The van der Waals surface area contributed by atoms with Gasteiger partial charge in [-0.2, -0.15) is 0 Å². The minimum Gasteiger partial charge on any atom is -0.494 e. The number of pyridine rings is 1. The molecule has 0 radical (unpaired) electrons. The molecule has 0 fully saturated rings. The van der Waals surface area contributed by atoms with Crippen molar-refractivity contribution in [3.8, 4) is 5.75 Å². The molecule has 0 atom stereocenters. The molecule has 1 heterocycles. The first-order valence-corrected chi connectivity index (χ1v) is 8.18. The zero-order valence-electron chi connectivity index (χ0n) is 14.6. The molecule has 0 aliphatic carbocycles. The lowest BCUT2D eigenvalue weighted by atomic mass is 10.2. The molecule has 4 nitrogen and oxygen atoms in total. The van der Waals surface area contributed by atoms with E-state index >= 15 is 0 Å². The highest BCUT2D eigenvalue weighted by molar-refractivity contribution is 5.91. The van der Waals surface area contributed by atoms with Gasteiger partial charge in [0.2, 0.25) is 5.91 Å². The summed E-state index contributed by atoms with van der Waals surface area (Å²) in [7, 11) is 3.09. The molecule has 3 rings (SSSR count). The molecule has 0 spiro atoms. The molecule has 2 aromatic carbocycles. The second-order valence-electron chi connectivity index (χ2n) is 5.93. The Hall–Kier alpha value is -3.21. The zero-order chi connectivity index (χ0) is 18.5. The van der Waals surface area contributed by atoms with Gasteiger partial charge in [-0.25, -0.2) is 9.37 Å². The van der Waals surface area contributed by atoms with Crippen molar-refractivity contribution >= 4 is 22.9 Å². The minimum absolute atomic E-state index is 0.184. The lowest BCUT2D eigenvalue weighted by molar-refractivity contribution is -0.125. The van der Waals surface area contributed by atoms with Gasteiger partial charge in [-0.15, -0.1) is 0 Å². The number of nitrogens with zero attached hydrogens (tertiary/aromatic N) is 2. The van der Waals surface area contributed by atoms with E-state index in [0.717, 1.165) is 10.9 Å². The molecular weight excluding hydrogens is 331 g/mol. The molecule has 132 valence electrons. The second-order valence-corrected chi connectivity index (χ2v) is 5.93. The van der Waals surface area contributed by atoms with Crippen LogP contribution in [0.1, 0.15) is 11.3 Å². The van der Waals surface area contributed by atoms with Crippen LogP contribution in [0.3, 0.4) is 0 Å². The van der Waals surface area contributed by atoms with Gasteiger partial charge < -0.3 is 9.64 Å². The number of methoxy groups -OCH3 is 1. The van der Waals surface area contributed by atoms with Gasteiger partial charge in [-0.05, 0) is 35.9 Å². The van der Waals surface area contributed by atoms with Crippen LogP contribution in [0.5, 0.6) is 5.75 Å². The number of carbonyl (C=O) groups excluding carboxylic acids is 1. The fraction of sp³-hybridized carbons (Fsp3) is 0.143. The first-order valence-electron chi connectivity index (χ1n) is 8.18. The highest BCUT2D eigenvalue weighted by atomic mass is 19.1. The van der Waals surface area contributed by atoms with Crippen molar-refractivity contribution in [2.24, 2.45) is 0 Å². The van der Waals surface area contributed by atoms with Crippen molar-refractivity contribution in [2.75, 3.05) is 14.2 Å². The van der Waals surface area contributed by atoms with Gasteiger partial charge in [-0.3, -0.25) is 4.79 Å². The Bertz CT molecular complexity index is 969. The summed E-state index contributed by atoms with van der Waals surface area (Å²) in [4.78, 5) is 18.3. The lowest BCUT2D eigenvalue weighted by Gasteiger charge is -2.15. The van der Waals surface area contributed by atoms with Crippen molar-refractivity contribution in [1.29, 1.82) is 0 Å². The second kappa shape index (κ2) is 7.78. The maximum absolute atomic E-state index is 13.7. The number of likely N-dealkylation sites (N-methyl/N-ethyl adjacent to an activating group) is 1. The Kier molecular flexibility index (Phi) is 5.27. The summed E-state index contributed by atoms with van der Waals surface area (Å²) in [6.45, 7) is 0.301. The quantitative estimate of drug-likeness (QED) is 0.652. The molecule has 5 heteroatoms. The van der Waals surface area contributed by atoms with E-state index in [1.807, 2.05) is 36.4 Å².